The number of aliphatic hydroxyl groups excluding tert-OH is 4. The van der Waals surface area contributed by atoms with Gasteiger partial charge >= 0.3 is 5.97 Å². The molecule has 0 spiro atoms. The number of carbonyl (C=O) groups is 8. The Kier molecular flexibility index (Phi) is 18.5. The maximum absolute atomic E-state index is 18.2. The van der Waals surface area contributed by atoms with E-state index in [-0.39, 0.29) is 0 Å². The van der Waals surface area contributed by atoms with E-state index in [1.807, 2.05) is 0 Å². The van der Waals surface area contributed by atoms with E-state index in [4.69, 9.17) is 18.9 Å². The molecule has 0 bridgehead atoms. The van der Waals surface area contributed by atoms with E-state index in [0.717, 1.165) is 97.1 Å². The molecule has 0 amide bonds. The zero-order valence-corrected chi connectivity index (χ0v) is 53.2. The summed E-state index contributed by atoms with van der Waals surface area (Å²) < 4.78 is 27.0. The molecule has 10 rings (SSSR count). The summed E-state index contributed by atoms with van der Waals surface area (Å²) in [5, 5.41) is 94.3. The number of carbonyl (C=O) groups excluding carboxylic acids is 8. The molecular weight excluding hydrogens is 1220 g/mol. The highest BCUT2D eigenvalue weighted by Crippen LogP contribution is 2.65. The lowest BCUT2D eigenvalue weighted by molar-refractivity contribution is -0.456. The zero-order valence-electron chi connectivity index (χ0n) is 53.2. The van der Waals surface area contributed by atoms with Crippen LogP contribution in [0, 0.1) is 55.4 Å². The van der Waals surface area contributed by atoms with Crippen LogP contribution in [0.4, 0.5) is 0 Å². The minimum atomic E-state index is -5.26. The van der Waals surface area contributed by atoms with Gasteiger partial charge in [-0.15, -0.1) is 0 Å². The number of hydrogen-bond acceptors (Lipinski definition) is 19. The molecule has 9 atom stereocenters. The molecule has 8 aromatic rings. The smallest absolute Gasteiger partial charge is 0.339 e. The van der Waals surface area contributed by atoms with Gasteiger partial charge in [-0.2, -0.15) is 0 Å². The van der Waals surface area contributed by atoms with E-state index in [0.29, 0.717) is 44.5 Å². The Hall–Kier alpha value is -9.48. The van der Waals surface area contributed by atoms with E-state index in [2.05, 4.69) is 0 Å². The lowest BCUT2D eigenvalue weighted by atomic mass is 9.46. The predicted molar refractivity (Wildman–Crippen MR) is 344 cm³/mol. The number of benzene rings is 8. The van der Waals surface area contributed by atoms with E-state index in [9.17, 15) is 20.4 Å². The van der Waals surface area contributed by atoms with Gasteiger partial charge < -0.3 is 54.7 Å². The molecule has 1 unspecified atom stereocenters. The van der Waals surface area contributed by atoms with Crippen molar-refractivity contribution in [3.63, 3.8) is 0 Å². The van der Waals surface area contributed by atoms with Crippen molar-refractivity contribution in [1.29, 1.82) is 0 Å². The Balaban J connectivity index is 1.62. The van der Waals surface area contributed by atoms with Crippen LogP contribution in [0.3, 0.4) is 0 Å². The molecule has 2 aliphatic heterocycles. The normalized spacial score (nSPS) is 24.9. The van der Waals surface area contributed by atoms with Crippen LogP contribution < -0.4 is 0 Å². The van der Waals surface area contributed by atoms with Crippen LogP contribution in [-0.4, -0.2) is 153 Å². The summed E-state index contributed by atoms with van der Waals surface area (Å²) in [5.41, 5.74) is -28.3. The fraction of sp³-hybridized carbons (Fsp3) is 0.263. The highest BCUT2D eigenvalue weighted by atomic mass is 16.8. The quantitative estimate of drug-likeness (QED) is 0.0206. The summed E-state index contributed by atoms with van der Waals surface area (Å²) in [6, 6.07) is 37.7. The number of ether oxygens (including phenoxy) is 4. The Morgan fingerprint density at radius 2 is 0.705 bits per heavy atom. The third-order valence-corrected chi connectivity index (χ3v) is 18.0. The van der Waals surface area contributed by atoms with E-state index >= 15 is 53.7 Å². The molecule has 19 heteroatoms. The van der Waals surface area contributed by atoms with Crippen molar-refractivity contribution in [2.75, 3.05) is 13.2 Å². The van der Waals surface area contributed by atoms with Gasteiger partial charge in [-0.3, -0.25) is 33.6 Å². The lowest BCUT2D eigenvalue weighted by Crippen LogP contribution is -2.99. The molecule has 0 saturated carbocycles. The topological polar surface area (TPSA) is 315 Å². The van der Waals surface area contributed by atoms with Gasteiger partial charge in [-0.05, 0) is 67.5 Å². The summed E-state index contributed by atoms with van der Waals surface area (Å²) >= 11 is 0. The largest absolute Gasteiger partial charge is 0.439 e. The fourth-order valence-electron chi connectivity index (χ4n) is 12.5. The number of rotatable bonds is 21. The Morgan fingerprint density at radius 3 is 1.03 bits per heavy atom. The van der Waals surface area contributed by atoms with E-state index < -0.39 is 162 Å². The molecule has 19 nitrogen and oxygen atoms in total. The Bertz CT molecular complexity index is 4240. The Morgan fingerprint density at radius 1 is 0.411 bits per heavy atom. The van der Waals surface area contributed by atoms with E-state index in [1.54, 1.807) is 55.4 Å². The van der Waals surface area contributed by atoms with Crippen LogP contribution in [-0.2, 0) is 18.9 Å². The van der Waals surface area contributed by atoms with Gasteiger partial charge in [0.05, 0.1) is 12.2 Å². The summed E-state index contributed by atoms with van der Waals surface area (Å²) in [6.07, 6.45) is -7.32. The monoisotopic (exact) mass is 1290 g/mol. The van der Waals surface area contributed by atoms with Gasteiger partial charge in [0.1, 0.15) is 24.9 Å². The number of Topliss-reactive ketones (excluding diaryl/α,β-unsaturated/α-hetero) is 7. The summed E-state index contributed by atoms with van der Waals surface area (Å²) in [5.74, 6) is -25.1. The first kappa shape index (κ1) is 68.4. The molecule has 488 valence electrons. The fourth-order valence-corrected chi connectivity index (χ4v) is 12.5. The molecule has 0 aromatic heterocycles. The molecule has 0 aliphatic carbocycles. The highest BCUT2D eigenvalue weighted by Gasteiger charge is 2.98. The zero-order chi connectivity index (χ0) is 69.0. The van der Waals surface area contributed by atoms with Crippen molar-refractivity contribution < 1.29 is 93.0 Å². The number of ketones is 7. The number of esters is 1. The second-order valence-electron chi connectivity index (χ2n) is 24.7. The lowest BCUT2D eigenvalue weighted by Gasteiger charge is -2.68. The molecular formula is C76H70O19. The maximum Gasteiger partial charge on any atom is 0.339 e. The Labute approximate surface area is 546 Å². The molecule has 2 fully saturated rings. The van der Waals surface area contributed by atoms with Crippen molar-refractivity contribution in [2.24, 2.45) is 0 Å². The van der Waals surface area contributed by atoms with Crippen LogP contribution in [0.1, 0.15) is 127 Å². The van der Waals surface area contributed by atoms with Crippen LogP contribution >= 0.6 is 0 Å². The van der Waals surface area contributed by atoms with Crippen LogP contribution in [0.5, 0.6) is 0 Å². The van der Waals surface area contributed by atoms with Crippen molar-refractivity contribution in [1.82, 2.24) is 0 Å². The standard InChI is InChI=1S/C76H70O19/c1-43-9-25-51(26-10-43)61(80)71(89,62(81)52-27-11-44(2)12-28-52)74(65(84)55-33-17-47(5)18-34-55)75(66(85)56-35-19-48(6)20-36-56,93-69(88)58-39-23-50(8)24-40-58)72(90,63(82)53-29-13-45(3)14-30-53)73(91,64(83)54-31-15-46(4)16-32-54)76(95-74,67(86)57-37-21-49(7)22-38-57)94-70(42-78)68(87)60(79)59(41-77)92-70/h9-40,59-60,68,77-79,87,89-91H,41-42H2,1-8H3/t59-,60-,68+,70?,72-,73-,74-,75+,76-/m1/s1. The van der Waals surface area contributed by atoms with Gasteiger partial charge in [-0.25, -0.2) is 4.79 Å². The molecule has 2 aliphatic rings. The molecule has 8 aromatic carbocycles. The second kappa shape index (κ2) is 25.7. The first-order valence-corrected chi connectivity index (χ1v) is 30.4. The predicted octanol–water partition coefficient (Wildman–Crippen LogP) is 7.71. The molecule has 2 heterocycles. The van der Waals surface area contributed by atoms with Gasteiger partial charge in [0, 0.05) is 38.9 Å². The van der Waals surface area contributed by atoms with Crippen molar-refractivity contribution in [3.8, 4) is 0 Å². The summed E-state index contributed by atoms with van der Waals surface area (Å²) in [4.78, 5) is 140. The van der Waals surface area contributed by atoms with Gasteiger partial charge in [0.15, 0.2) is 0 Å². The molecule has 0 radical (unpaired) electrons. The third kappa shape index (κ3) is 10.8. The molecule has 95 heavy (non-hydrogen) atoms. The first-order chi connectivity index (χ1) is 45.0. The maximum atomic E-state index is 18.2. The van der Waals surface area contributed by atoms with Gasteiger partial charge in [-0.1, -0.05) is 226 Å². The number of aryl methyl sites for hydroxylation is 8. The number of aliphatic hydroxyl groups is 7. The van der Waals surface area contributed by atoms with Crippen LogP contribution in [0.25, 0.3) is 0 Å². The number of hydrogen-bond donors (Lipinski definition) is 7. The first-order valence-electron chi connectivity index (χ1n) is 30.4. The van der Waals surface area contributed by atoms with E-state index in [1.165, 1.54) is 97.1 Å². The van der Waals surface area contributed by atoms with Crippen molar-refractivity contribution in [3.05, 3.63) is 283 Å². The molecule has 7 N–H and O–H groups in total. The summed E-state index contributed by atoms with van der Waals surface area (Å²) in [7, 11) is 0. The third-order valence-electron chi connectivity index (χ3n) is 18.0. The minimum Gasteiger partial charge on any atom is -0.439 e. The highest BCUT2D eigenvalue weighted by molar-refractivity contribution is 6.33. The van der Waals surface area contributed by atoms with Crippen molar-refractivity contribution >= 4 is 46.5 Å². The average Bonchev–Trinajstić information content (AvgIpc) is 0.717. The summed E-state index contributed by atoms with van der Waals surface area (Å²) in [6.45, 7) is 9.55. The van der Waals surface area contributed by atoms with Crippen molar-refractivity contribution in [2.45, 2.75) is 113 Å². The minimum absolute atomic E-state index is 0.389. The average molecular weight is 1290 g/mol. The van der Waals surface area contributed by atoms with Crippen LogP contribution in [0.15, 0.2) is 194 Å². The second-order valence-corrected chi connectivity index (χ2v) is 24.7. The van der Waals surface area contributed by atoms with Gasteiger partial charge in [0.2, 0.25) is 68.7 Å². The van der Waals surface area contributed by atoms with Crippen LogP contribution in [0.2, 0.25) is 0 Å². The SMILES string of the molecule is Cc1ccc(C(=O)O[C@@]2(C(=O)c3ccc(C)cc3)[C@@](O)(C(=O)c3ccc(C)cc3)[C@](O)(C(=O)c3ccc(C)cc3)[C@@](OC3(CO)O[C@H](CO)[C@@H](O)[C@@H]3O)(C(=O)c3ccc(C)cc3)O[C@]2(C(=O)c2ccc(C)cc2)C(O)(C(=O)c2ccc(C)cc2)C(=O)c2ccc(C)cc2)cc1. The van der Waals surface area contributed by atoms with Gasteiger partial charge in [0.25, 0.3) is 11.4 Å². The molecule has 2 saturated heterocycles.